The van der Waals surface area contributed by atoms with Gasteiger partial charge in [0.25, 0.3) is 17.5 Å². The van der Waals surface area contributed by atoms with Crippen molar-refractivity contribution in [3.8, 4) is 0 Å². The molecule has 1 aliphatic carbocycles. The van der Waals surface area contributed by atoms with Gasteiger partial charge in [0.15, 0.2) is 6.61 Å². The molecule has 0 radical (unpaired) electrons. The molecule has 0 unspecified atom stereocenters. The van der Waals surface area contributed by atoms with Crippen LogP contribution in [-0.2, 0) is 14.3 Å². The summed E-state index contributed by atoms with van der Waals surface area (Å²) in [6.07, 6.45) is 4.21. The van der Waals surface area contributed by atoms with E-state index < -0.39 is 30.0 Å². The molecule has 1 saturated carbocycles. The average Bonchev–Trinajstić information content (AvgIpc) is 2.66. The molecule has 0 bridgehead atoms. The zero-order valence-electron chi connectivity index (χ0n) is 15.1. The Morgan fingerprint density at radius 1 is 1.26 bits per heavy atom. The first kappa shape index (κ1) is 20.3. The maximum Gasteiger partial charge on any atom is 0.325 e. The van der Waals surface area contributed by atoms with Crippen LogP contribution in [0, 0.1) is 16.0 Å². The summed E-state index contributed by atoms with van der Waals surface area (Å²) in [7, 11) is 0. The summed E-state index contributed by atoms with van der Waals surface area (Å²) in [6, 6.07) is 5.24. The van der Waals surface area contributed by atoms with Gasteiger partial charge in [0.2, 0.25) is 0 Å². The van der Waals surface area contributed by atoms with E-state index in [9.17, 15) is 24.5 Å². The largest absolute Gasteiger partial charge is 0.454 e. The first-order valence-corrected chi connectivity index (χ1v) is 8.84. The minimum Gasteiger partial charge on any atom is -0.454 e. The van der Waals surface area contributed by atoms with Crippen LogP contribution in [0.25, 0.3) is 0 Å². The number of esters is 1. The monoisotopic (exact) mass is 377 g/mol. The Labute approximate surface area is 156 Å². The molecule has 2 N–H and O–H groups in total. The summed E-state index contributed by atoms with van der Waals surface area (Å²) < 4.78 is 4.85. The number of nitrogens with zero attached hydrogens (tertiary/aromatic N) is 1. The summed E-state index contributed by atoms with van der Waals surface area (Å²) >= 11 is 0. The van der Waals surface area contributed by atoms with Crippen molar-refractivity contribution < 1.29 is 24.0 Å². The molecule has 1 fully saturated rings. The zero-order chi connectivity index (χ0) is 19.8. The minimum atomic E-state index is -0.763. The van der Waals surface area contributed by atoms with Gasteiger partial charge in [-0.25, -0.2) is 0 Å². The Balaban J connectivity index is 1.72. The topological polar surface area (TPSA) is 128 Å². The number of amides is 2. The number of hydrogen-bond acceptors (Lipinski definition) is 6. The van der Waals surface area contributed by atoms with Crippen LogP contribution in [0.15, 0.2) is 24.3 Å². The van der Waals surface area contributed by atoms with Gasteiger partial charge in [-0.2, -0.15) is 0 Å². The Morgan fingerprint density at radius 3 is 2.70 bits per heavy atom. The number of non-ortho nitro benzene ring substituents is 1. The van der Waals surface area contributed by atoms with E-state index in [0.717, 1.165) is 31.7 Å². The number of rotatable bonds is 7. The average molecular weight is 377 g/mol. The van der Waals surface area contributed by atoms with E-state index in [0.29, 0.717) is 5.92 Å². The predicted molar refractivity (Wildman–Crippen MR) is 96.0 cm³/mol. The van der Waals surface area contributed by atoms with Crippen LogP contribution in [0.1, 0.15) is 43.0 Å². The second-order valence-corrected chi connectivity index (χ2v) is 6.59. The van der Waals surface area contributed by atoms with Crippen molar-refractivity contribution in [3.05, 3.63) is 39.9 Å². The van der Waals surface area contributed by atoms with Gasteiger partial charge in [0.1, 0.15) is 6.54 Å². The summed E-state index contributed by atoms with van der Waals surface area (Å²) in [5, 5.41) is 15.9. The number of nitro benzene ring substituents is 1. The van der Waals surface area contributed by atoms with Gasteiger partial charge in [0.05, 0.1) is 4.92 Å². The van der Waals surface area contributed by atoms with Gasteiger partial charge in [-0.3, -0.25) is 24.5 Å². The van der Waals surface area contributed by atoms with Gasteiger partial charge in [-0.15, -0.1) is 0 Å². The number of carbonyl (C=O) groups excluding carboxylic acids is 3. The molecule has 2 amide bonds. The lowest BCUT2D eigenvalue weighted by atomic mass is 9.86. The van der Waals surface area contributed by atoms with E-state index in [4.69, 9.17) is 4.74 Å². The highest BCUT2D eigenvalue weighted by Crippen LogP contribution is 2.23. The molecule has 1 aromatic rings. The van der Waals surface area contributed by atoms with Crippen molar-refractivity contribution in [2.45, 2.75) is 38.6 Å². The van der Waals surface area contributed by atoms with Crippen LogP contribution >= 0.6 is 0 Å². The number of carbonyl (C=O) groups is 3. The maximum atomic E-state index is 11.9. The van der Waals surface area contributed by atoms with Gasteiger partial charge < -0.3 is 15.4 Å². The van der Waals surface area contributed by atoms with E-state index in [1.165, 1.54) is 18.2 Å². The predicted octanol–water partition coefficient (Wildman–Crippen LogP) is 1.56. The Kier molecular flexibility index (Phi) is 7.27. The zero-order valence-corrected chi connectivity index (χ0v) is 15.1. The Hall–Kier alpha value is -2.97. The molecule has 2 rings (SSSR count). The van der Waals surface area contributed by atoms with Crippen LogP contribution in [0.4, 0.5) is 5.69 Å². The van der Waals surface area contributed by atoms with Crippen molar-refractivity contribution in [1.82, 2.24) is 10.6 Å². The van der Waals surface area contributed by atoms with Crippen LogP contribution in [-0.4, -0.2) is 41.9 Å². The van der Waals surface area contributed by atoms with Gasteiger partial charge in [-0.05, 0) is 24.8 Å². The van der Waals surface area contributed by atoms with Crippen LogP contribution < -0.4 is 10.6 Å². The summed E-state index contributed by atoms with van der Waals surface area (Å²) in [5.41, 5.74) is -0.167. The SMILES string of the molecule is C[C@@H]1CCCC[C@@H]1NC(=O)COC(=O)CNC(=O)c1cccc([N+](=O)[O-])c1. The third kappa shape index (κ3) is 6.36. The van der Waals surface area contributed by atoms with E-state index in [1.807, 2.05) is 0 Å². The lowest BCUT2D eigenvalue weighted by molar-refractivity contribution is -0.384. The van der Waals surface area contributed by atoms with Crippen LogP contribution in [0.5, 0.6) is 0 Å². The standard InChI is InChI=1S/C18H23N3O6/c1-12-5-2-3-8-15(12)20-16(22)11-27-17(23)10-19-18(24)13-6-4-7-14(9-13)21(25)26/h4,6-7,9,12,15H,2-3,5,8,10-11H2,1H3,(H,19,24)(H,20,22)/t12-,15+/m1/s1. The molecule has 146 valence electrons. The molecule has 9 nitrogen and oxygen atoms in total. The van der Waals surface area contributed by atoms with E-state index in [-0.39, 0.29) is 23.2 Å². The highest BCUT2D eigenvalue weighted by molar-refractivity contribution is 5.96. The molecule has 0 heterocycles. The minimum absolute atomic E-state index is 0.0565. The third-order valence-electron chi connectivity index (χ3n) is 4.53. The van der Waals surface area contributed by atoms with Crippen molar-refractivity contribution in [2.24, 2.45) is 5.92 Å². The fourth-order valence-corrected chi connectivity index (χ4v) is 2.99. The Morgan fingerprint density at radius 2 is 2.00 bits per heavy atom. The van der Waals surface area contributed by atoms with E-state index in [1.54, 1.807) is 0 Å². The number of hydrogen-bond donors (Lipinski definition) is 2. The number of nitro groups is 1. The summed E-state index contributed by atoms with van der Waals surface area (Å²) in [4.78, 5) is 45.6. The van der Waals surface area contributed by atoms with E-state index in [2.05, 4.69) is 17.6 Å². The smallest absolute Gasteiger partial charge is 0.325 e. The highest BCUT2D eigenvalue weighted by Gasteiger charge is 2.23. The maximum absolute atomic E-state index is 11.9. The third-order valence-corrected chi connectivity index (χ3v) is 4.53. The number of benzene rings is 1. The van der Waals surface area contributed by atoms with Crippen molar-refractivity contribution in [3.63, 3.8) is 0 Å². The number of nitrogens with one attached hydrogen (secondary N) is 2. The molecule has 0 aliphatic heterocycles. The quantitative estimate of drug-likeness (QED) is 0.422. The lowest BCUT2D eigenvalue weighted by Crippen LogP contribution is -2.43. The molecular formula is C18H23N3O6. The highest BCUT2D eigenvalue weighted by atomic mass is 16.6. The van der Waals surface area contributed by atoms with Gasteiger partial charge in [0, 0.05) is 23.7 Å². The molecule has 9 heteroatoms. The molecule has 2 atom stereocenters. The summed E-state index contributed by atoms with van der Waals surface area (Å²) in [6.45, 7) is 1.24. The number of ether oxygens (including phenoxy) is 1. The first-order chi connectivity index (χ1) is 12.9. The van der Waals surface area contributed by atoms with E-state index >= 15 is 0 Å². The second kappa shape index (κ2) is 9.65. The molecule has 1 aromatic carbocycles. The van der Waals surface area contributed by atoms with Crippen molar-refractivity contribution >= 4 is 23.5 Å². The van der Waals surface area contributed by atoms with Crippen molar-refractivity contribution in [2.75, 3.05) is 13.2 Å². The fourth-order valence-electron chi connectivity index (χ4n) is 2.99. The van der Waals surface area contributed by atoms with Crippen LogP contribution in [0.2, 0.25) is 0 Å². The lowest BCUT2D eigenvalue weighted by Gasteiger charge is -2.29. The molecule has 27 heavy (non-hydrogen) atoms. The fraction of sp³-hybridized carbons (Fsp3) is 0.500. The Bertz CT molecular complexity index is 721. The molecule has 0 aromatic heterocycles. The first-order valence-electron chi connectivity index (χ1n) is 8.84. The van der Waals surface area contributed by atoms with Crippen molar-refractivity contribution in [1.29, 1.82) is 0 Å². The second-order valence-electron chi connectivity index (χ2n) is 6.59. The van der Waals surface area contributed by atoms with Gasteiger partial charge in [-0.1, -0.05) is 25.8 Å². The summed E-state index contributed by atoms with van der Waals surface area (Å²) in [5.74, 6) is -1.38. The molecular weight excluding hydrogens is 354 g/mol. The molecule has 0 saturated heterocycles. The normalized spacial score (nSPS) is 19.0. The molecule has 0 spiro atoms. The molecule has 1 aliphatic rings. The van der Waals surface area contributed by atoms with Crippen LogP contribution in [0.3, 0.4) is 0 Å². The van der Waals surface area contributed by atoms with Gasteiger partial charge >= 0.3 is 5.97 Å².